The fourth-order valence-electron chi connectivity index (χ4n) is 1.34. The molecule has 0 heterocycles. The molecule has 0 aromatic heterocycles. The Balaban J connectivity index is 0.00000211. The lowest BCUT2D eigenvalue weighted by atomic mass is 10.2. The maximum absolute atomic E-state index is 11.9. The van der Waals surface area contributed by atoms with Crippen LogP contribution in [0.5, 0.6) is 0 Å². The highest BCUT2D eigenvalue weighted by Crippen LogP contribution is 2.12. The molecule has 1 amide bonds. The third kappa shape index (κ3) is 7.65. The molecule has 1 aromatic rings. The van der Waals surface area contributed by atoms with E-state index in [9.17, 15) is 13.2 Å². The van der Waals surface area contributed by atoms with Crippen LogP contribution in [-0.4, -0.2) is 51.6 Å². The lowest BCUT2D eigenvalue weighted by molar-refractivity contribution is -0.0980. The van der Waals surface area contributed by atoms with Gasteiger partial charge in [-0.3, -0.25) is 0 Å². The molecule has 1 N–H and O–H groups in total. The minimum Gasteiger partial charge on any atom is -0.447 e. The average molecular weight is 329 g/mol. The molecule has 122 valence electrons. The lowest BCUT2D eigenvalue weighted by Gasteiger charge is -2.05. The third-order valence-corrected chi connectivity index (χ3v) is 4.11. The number of hydrogen-bond acceptors (Lipinski definition) is 6. The second kappa shape index (κ2) is 10.6. The number of aliphatic imine (C=N–C) groups is 1. The van der Waals surface area contributed by atoms with Crippen LogP contribution >= 0.6 is 0 Å². The normalized spacial score (nSPS) is 10.8. The first-order valence-electron chi connectivity index (χ1n) is 6.34. The van der Waals surface area contributed by atoms with Crippen LogP contribution in [0.1, 0.15) is 12.0 Å². The molecule has 0 saturated heterocycles. The quantitative estimate of drug-likeness (QED) is 0.785. The van der Waals surface area contributed by atoms with Crippen LogP contribution in [-0.2, 0) is 19.4 Å². The molecule has 0 saturated carbocycles. The Morgan fingerprint density at radius 1 is 1.32 bits per heavy atom. The first-order chi connectivity index (χ1) is 10.5. The molecule has 0 unspecified atom stereocenters. The number of rotatable bonds is 6. The highest BCUT2D eigenvalue weighted by Gasteiger charge is 2.14. The Morgan fingerprint density at radius 2 is 1.91 bits per heavy atom. The fraction of sp³-hybridized carbons (Fsp3) is 0.357. The zero-order valence-corrected chi connectivity index (χ0v) is 13.1. The fourth-order valence-corrected chi connectivity index (χ4v) is 2.43. The molecule has 0 bridgehead atoms. The highest BCUT2D eigenvalue weighted by atomic mass is 32.2. The van der Waals surface area contributed by atoms with Gasteiger partial charge in [-0.25, -0.2) is 13.2 Å². The van der Waals surface area contributed by atoms with Crippen LogP contribution in [0.2, 0.25) is 0 Å². The molecule has 0 fully saturated rings. The predicted octanol–water partition coefficient (Wildman–Crippen LogP) is 1.17. The molecule has 0 radical (unpaired) electrons. The van der Waals surface area contributed by atoms with Crippen LogP contribution in [0.25, 0.3) is 0 Å². The SMILES string of the molecule is C=O.Cc1ccc(S(=O)(=O)CCOC(=O)N=CCCO)cc1. The zero-order chi connectivity index (χ0) is 17.0. The highest BCUT2D eigenvalue weighted by molar-refractivity contribution is 7.91. The number of amides is 1. The number of nitrogens with zero attached hydrogens (tertiary/aromatic N) is 1. The summed E-state index contributed by atoms with van der Waals surface area (Å²) in [6.07, 6.45) is 0.602. The van der Waals surface area contributed by atoms with Gasteiger partial charge >= 0.3 is 6.09 Å². The van der Waals surface area contributed by atoms with Crippen molar-refractivity contribution >= 4 is 28.9 Å². The standard InChI is InChI=1S/C13H17NO5S.CH2O/c1-11-3-5-12(6-4-11)20(17,18)10-9-19-13(16)14-7-2-8-15;1-2/h3-7,15H,2,8-10H2,1H3;1H2. The second-order valence-corrected chi connectivity index (χ2v) is 6.18. The summed E-state index contributed by atoms with van der Waals surface area (Å²) in [5, 5.41) is 8.48. The molecule has 0 aliphatic carbocycles. The number of carbonyl (C=O) groups excluding carboxylic acids is 2. The third-order valence-electron chi connectivity index (χ3n) is 2.41. The lowest BCUT2D eigenvalue weighted by Crippen LogP contribution is -2.14. The molecule has 0 atom stereocenters. The zero-order valence-electron chi connectivity index (χ0n) is 12.3. The van der Waals surface area contributed by atoms with Gasteiger partial charge in [-0.05, 0) is 19.1 Å². The number of aliphatic hydroxyl groups excluding tert-OH is 1. The van der Waals surface area contributed by atoms with Crippen LogP contribution < -0.4 is 0 Å². The van der Waals surface area contributed by atoms with E-state index in [1.165, 1.54) is 18.3 Å². The van der Waals surface area contributed by atoms with Crippen LogP contribution in [0.15, 0.2) is 34.2 Å². The van der Waals surface area contributed by atoms with Gasteiger partial charge < -0.3 is 14.6 Å². The number of benzene rings is 1. The molecular weight excluding hydrogens is 310 g/mol. The maximum Gasteiger partial charge on any atom is 0.433 e. The van der Waals surface area contributed by atoms with E-state index in [1.807, 2.05) is 13.7 Å². The smallest absolute Gasteiger partial charge is 0.433 e. The Kier molecular flexibility index (Phi) is 9.64. The second-order valence-electron chi connectivity index (χ2n) is 4.07. The van der Waals surface area contributed by atoms with E-state index in [0.717, 1.165) is 5.56 Å². The topological polar surface area (TPSA) is 110 Å². The van der Waals surface area contributed by atoms with Crippen molar-refractivity contribution in [2.45, 2.75) is 18.2 Å². The number of ether oxygens (including phenoxy) is 1. The minimum atomic E-state index is -3.47. The van der Waals surface area contributed by atoms with Gasteiger partial charge in [0.1, 0.15) is 13.4 Å². The van der Waals surface area contributed by atoms with Crippen LogP contribution in [0.4, 0.5) is 4.79 Å². The molecule has 0 aliphatic heterocycles. The Bertz CT molecular complexity index is 580. The first-order valence-corrected chi connectivity index (χ1v) is 7.99. The maximum atomic E-state index is 11.9. The van der Waals surface area contributed by atoms with Crippen molar-refractivity contribution < 1.29 is 27.9 Å². The molecule has 8 heteroatoms. The van der Waals surface area contributed by atoms with Crippen molar-refractivity contribution in [2.24, 2.45) is 4.99 Å². The van der Waals surface area contributed by atoms with Gasteiger partial charge in [-0.1, -0.05) is 17.7 Å². The van der Waals surface area contributed by atoms with Crippen LogP contribution in [0, 0.1) is 6.92 Å². The van der Waals surface area contributed by atoms with Gasteiger partial charge in [0.25, 0.3) is 0 Å². The monoisotopic (exact) mass is 329 g/mol. The van der Waals surface area contributed by atoms with E-state index < -0.39 is 15.9 Å². The average Bonchev–Trinajstić information content (AvgIpc) is 2.50. The summed E-state index contributed by atoms with van der Waals surface area (Å²) in [6.45, 7) is 3.49. The molecular formula is C14H19NO6S. The van der Waals surface area contributed by atoms with Crippen molar-refractivity contribution in [3.8, 4) is 0 Å². The predicted molar refractivity (Wildman–Crippen MR) is 81.9 cm³/mol. The summed E-state index contributed by atoms with van der Waals surface area (Å²) in [6, 6.07) is 6.45. The summed E-state index contributed by atoms with van der Waals surface area (Å²) in [7, 11) is -3.47. The summed E-state index contributed by atoms with van der Waals surface area (Å²) in [5.74, 6) is -0.294. The molecule has 1 aromatic carbocycles. The van der Waals surface area contributed by atoms with Crippen LogP contribution in [0.3, 0.4) is 0 Å². The molecule has 7 nitrogen and oxygen atoms in total. The first kappa shape index (κ1) is 19.9. The summed E-state index contributed by atoms with van der Waals surface area (Å²) in [4.78, 5) is 22.7. The van der Waals surface area contributed by atoms with E-state index in [4.69, 9.17) is 9.90 Å². The Labute approximate surface area is 129 Å². The van der Waals surface area contributed by atoms with Gasteiger partial charge in [0.15, 0.2) is 9.84 Å². The van der Waals surface area contributed by atoms with Crippen molar-refractivity contribution in [1.29, 1.82) is 0 Å². The van der Waals surface area contributed by atoms with Gasteiger partial charge in [0.05, 0.1) is 10.6 Å². The van der Waals surface area contributed by atoms with E-state index in [1.54, 1.807) is 12.1 Å². The number of hydrogen-bond donors (Lipinski definition) is 1. The van der Waals surface area contributed by atoms with E-state index in [2.05, 4.69) is 9.73 Å². The van der Waals surface area contributed by atoms with Gasteiger partial charge in [0.2, 0.25) is 0 Å². The Hall–Kier alpha value is -2.06. The van der Waals surface area contributed by atoms with Crippen molar-refractivity contribution in [1.82, 2.24) is 0 Å². The van der Waals surface area contributed by atoms with Crippen molar-refractivity contribution in [2.75, 3.05) is 19.0 Å². The van der Waals surface area contributed by atoms with E-state index in [-0.39, 0.29) is 30.3 Å². The van der Waals surface area contributed by atoms with E-state index in [0.29, 0.717) is 0 Å². The largest absolute Gasteiger partial charge is 0.447 e. The molecule has 22 heavy (non-hydrogen) atoms. The van der Waals surface area contributed by atoms with Crippen molar-refractivity contribution in [3.05, 3.63) is 29.8 Å². The molecule has 1 rings (SSSR count). The summed E-state index contributed by atoms with van der Waals surface area (Å²) < 4.78 is 28.5. The number of aryl methyl sites for hydroxylation is 1. The summed E-state index contributed by atoms with van der Waals surface area (Å²) >= 11 is 0. The van der Waals surface area contributed by atoms with Gasteiger partial charge in [0, 0.05) is 19.2 Å². The number of sulfone groups is 1. The van der Waals surface area contributed by atoms with Gasteiger partial charge in [-0.2, -0.15) is 4.99 Å². The molecule has 0 aliphatic rings. The summed E-state index contributed by atoms with van der Waals surface area (Å²) in [5.41, 5.74) is 0.966. The van der Waals surface area contributed by atoms with E-state index >= 15 is 0 Å². The number of carbonyl (C=O) groups is 2. The minimum absolute atomic E-state index is 0.113. The van der Waals surface area contributed by atoms with Gasteiger partial charge in [-0.15, -0.1) is 0 Å². The number of aliphatic hydroxyl groups is 1. The van der Waals surface area contributed by atoms with Crippen molar-refractivity contribution in [3.63, 3.8) is 0 Å². The molecule has 0 spiro atoms. The Morgan fingerprint density at radius 3 is 2.45 bits per heavy atom.